The highest BCUT2D eigenvalue weighted by Crippen LogP contribution is 2.67. The van der Waals surface area contributed by atoms with Crippen LogP contribution in [0.5, 0.6) is 0 Å². The molecule has 8 nitrogen and oxygen atoms in total. The van der Waals surface area contributed by atoms with E-state index >= 15 is 4.39 Å². The molecule has 40 heavy (non-hydrogen) atoms. The lowest BCUT2D eigenvalue weighted by atomic mass is 9.85. The second-order valence-corrected chi connectivity index (χ2v) is 20.9. The van der Waals surface area contributed by atoms with Gasteiger partial charge in [-0.2, -0.15) is 0 Å². The minimum Gasteiger partial charge on any atom is -0.443 e. The zero-order valence-corrected chi connectivity index (χ0v) is 27.9. The Morgan fingerprint density at radius 2 is 1.95 bits per heavy atom. The maximum atomic E-state index is 15.4. The number of ether oxygens (including phenoxy) is 3. The van der Waals surface area contributed by atoms with Crippen LogP contribution in [-0.4, -0.2) is 85.0 Å². The highest BCUT2D eigenvalue weighted by atomic mass is 79.9. The number of aliphatic imine (C=N–C) groups is 1. The molecule has 0 aromatic heterocycles. The fourth-order valence-electron chi connectivity index (χ4n) is 5.07. The average molecular weight is 659 g/mol. The van der Waals surface area contributed by atoms with Crippen LogP contribution in [-0.2, 0) is 24.5 Å². The summed E-state index contributed by atoms with van der Waals surface area (Å²) < 4.78 is 32.5. The smallest absolute Gasteiger partial charge is 0.418 e. The van der Waals surface area contributed by atoms with Crippen molar-refractivity contribution < 1.29 is 28.2 Å². The van der Waals surface area contributed by atoms with Crippen molar-refractivity contribution in [2.24, 2.45) is 10.9 Å². The van der Waals surface area contributed by atoms with Gasteiger partial charge < -0.3 is 19.1 Å². The molecule has 1 saturated carbocycles. The maximum Gasteiger partial charge on any atom is 0.418 e. The van der Waals surface area contributed by atoms with Gasteiger partial charge in [0.05, 0.1) is 18.8 Å². The number of fused-ring (bicyclic) bond motifs is 1. The molecule has 0 spiro atoms. The van der Waals surface area contributed by atoms with Gasteiger partial charge in [-0.3, -0.25) is 9.79 Å². The zero-order valence-electron chi connectivity index (χ0n) is 24.5. The van der Waals surface area contributed by atoms with Gasteiger partial charge in [-0.1, -0.05) is 47.3 Å². The van der Waals surface area contributed by atoms with Crippen molar-refractivity contribution in [1.29, 1.82) is 0 Å². The van der Waals surface area contributed by atoms with E-state index in [1.54, 1.807) is 32.9 Å². The van der Waals surface area contributed by atoms with Crippen molar-refractivity contribution >= 4 is 52.9 Å². The van der Waals surface area contributed by atoms with Crippen molar-refractivity contribution in [3.8, 4) is 0 Å². The first-order chi connectivity index (χ1) is 18.6. The molecule has 1 aromatic rings. The fraction of sp³-hybridized carbons (Fsp3) is 0.679. The van der Waals surface area contributed by atoms with Gasteiger partial charge in [0, 0.05) is 43.7 Å². The molecule has 0 N–H and O–H groups in total. The topological polar surface area (TPSA) is 80.7 Å². The van der Waals surface area contributed by atoms with Gasteiger partial charge in [0.15, 0.2) is 5.17 Å². The minimum atomic E-state index is -1.37. The van der Waals surface area contributed by atoms with E-state index in [1.807, 2.05) is 11.8 Å². The van der Waals surface area contributed by atoms with Crippen LogP contribution in [0.15, 0.2) is 27.7 Å². The fourth-order valence-corrected chi connectivity index (χ4v) is 7.83. The molecule has 12 heteroatoms. The van der Waals surface area contributed by atoms with Crippen molar-refractivity contribution in [2.75, 3.05) is 39.6 Å². The lowest BCUT2D eigenvalue weighted by molar-refractivity contribution is -0.136. The number of amides is 2. The van der Waals surface area contributed by atoms with E-state index in [0.29, 0.717) is 54.5 Å². The van der Waals surface area contributed by atoms with E-state index < -0.39 is 35.9 Å². The summed E-state index contributed by atoms with van der Waals surface area (Å²) in [6, 6.07) is 5.69. The van der Waals surface area contributed by atoms with Crippen molar-refractivity contribution in [3.63, 3.8) is 0 Å². The first-order valence-electron chi connectivity index (χ1n) is 13.8. The van der Waals surface area contributed by atoms with Crippen LogP contribution in [0.2, 0.25) is 25.7 Å². The highest BCUT2D eigenvalue weighted by Gasteiger charge is 2.72. The molecular weight excluding hydrogens is 617 g/mol. The monoisotopic (exact) mass is 657 g/mol. The zero-order chi connectivity index (χ0) is 29.5. The molecule has 2 fully saturated rings. The summed E-state index contributed by atoms with van der Waals surface area (Å²) in [4.78, 5) is 35.8. The highest BCUT2D eigenvalue weighted by molar-refractivity contribution is 9.10. The van der Waals surface area contributed by atoms with E-state index in [2.05, 4.69) is 35.6 Å². The summed E-state index contributed by atoms with van der Waals surface area (Å²) in [5, 5.41) is 0.305. The molecule has 3 atom stereocenters. The number of amidine groups is 1. The van der Waals surface area contributed by atoms with Gasteiger partial charge in [-0.25, -0.2) is 14.1 Å². The average Bonchev–Trinajstić information content (AvgIpc) is 3.61. The molecule has 1 saturated heterocycles. The number of carbonyl (C=O) groups excluding carboxylic acids is 2. The Bertz CT molecular complexity index is 1170. The lowest BCUT2D eigenvalue weighted by Crippen LogP contribution is -2.51. The number of hydrogen-bond acceptors (Lipinski definition) is 7. The van der Waals surface area contributed by atoms with E-state index in [9.17, 15) is 9.59 Å². The van der Waals surface area contributed by atoms with Crippen LogP contribution in [0.25, 0.3) is 0 Å². The normalized spacial score (nSPS) is 26.6. The molecule has 0 radical (unpaired) electrons. The molecular formula is C28H41BrFN3O5SSi. The Morgan fingerprint density at radius 1 is 1.27 bits per heavy atom. The number of thioether (sulfide) groups is 1. The third kappa shape index (κ3) is 6.94. The number of halogens is 2. The Balaban J connectivity index is 1.75. The van der Waals surface area contributed by atoms with Crippen molar-refractivity contribution in [1.82, 2.24) is 9.80 Å². The van der Waals surface area contributed by atoms with E-state index in [4.69, 9.17) is 19.2 Å². The van der Waals surface area contributed by atoms with Crippen LogP contribution in [0.4, 0.5) is 9.18 Å². The van der Waals surface area contributed by atoms with Gasteiger partial charge in [0.1, 0.15) is 22.9 Å². The van der Waals surface area contributed by atoms with E-state index in [1.165, 1.54) is 22.7 Å². The number of rotatable bonds is 7. The van der Waals surface area contributed by atoms with Gasteiger partial charge in [0.2, 0.25) is 5.91 Å². The maximum absolute atomic E-state index is 15.4. The summed E-state index contributed by atoms with van der Waals surface area (Å²) >= 11 is 4.75. The number of nitrogens with zero attached hydrogens (tertiary/aromatic N) is 3. The summed E-state index contributed by atoms with van der Waals surface area (Å²) in [6.45, 7) is 16.4. The molecule has 1 aromatic carbocycles. The summed E-state index contributed by atoms with van der Waals surface area (Å²) in [6.07, 6.45) is -0.0982. The van der Waals surface area contributed by atoms with Crippen LogP contribution < -0.4 is 0 Å². The van der Waals surface area contributed by atoms with Crippen LogP contribution in [0.1, 0.15) is 39.7 Å². The summed E-state index contributed by atoms with van der Waals surface area (Å²) in [5.74, 6) is -0.680. The standard InChI is InChI=1S/C28H41BrFN3O5SSi/c1-26(2,3)38-25(35)33(18-37-14-15-40(5,6)7)24-31-27(4,20-16-19(29)8-9-21(20)30)22-17-28(22,39-24)23(34)32-10-12-36-13-11-32/h8-9,16,22H,10-15,17-18H2,1-7H3/t22-,27+,28-/m0/s1. The van der Waals surface area contributed by atoms with Gasteiger partial charge in [-0.05, 0) is 58.4 Å². The molecule has 2 amide bonds. The third-order valence-electron chi connectivity index (χ3n) is 7.39. The predicted molar refractivity (Wildman–Crippen MR) is 162 cm³/mol. The largest absolute Gasteiger partial charge is 0.443 e. The van der Waals surface area contributed by atoms with Crippen LogP contribution >= 0.6 is 27.7 Å². The van der Waals surface area contributed by atoms with Gasteiger partial charge in [-0.15, -0.1) is 0 Å². The Labute approximate surface area is 250 Å². The van der Waals surface area contributed by atoms with Crippen molar-refractivity contribution in [2.45, 2.75) is 75.7 Å². The molecule has 4 rings (SSSR count). The summed E-state index contributed by atoms with van der Waals surface area (Å²) in [5.41, 5.74) is -1.46. The van der Waals surface area contributed by atoms with Gasteiger partial charge >= 0.3 is 6.09 Å². The SMILES string of the molecule is CC(C)(C)OC(=O)N(COCC[Si](C)(C)C)C1=N[C@](C)(c2cc(Br)ccc2F)[C@@H]2C[C@]2(C(=O)N2CCOCC2)S1. The Morgan fingerprint density at radius 3 is 2.58 bits per heavy atom. The number of benzene rings is 1. The first-order valence-corrected chi connectivity index (χ1v) is 19.1. The predicted octanol–water partition coefficient (Wildman–Crippen LogP) is 6.07. The third-order valence-corrected chi connectivity index (χ3v) is 11.1. The number of morpholine rings is 1. The number of hydrogen-bond donors (Lipinski definition) is 0. The molecule has 2 heterocycles. The molecule has 3 aliphatic rings. The second-order valence-electron chi connectivity index (χ2n) is 13.1. The number of carbonyl (C=O) groups is 2. The van der Waals surface area contributed by atoms with E-state index in [-0.39, 0.29) is 18.6 Å². The van der Waals surface area contributed by atoms with E-state index in [0.717, 1.165) is 6.04 Å². The van der Waals surface area contributed by atoms with Crippen LogP contribution in [0, 0.1) is 11.7 Å². The molecule has 2 aliphatic heterocycles. The Kier molecular flexibility index (Phi) is 9.17. The molecule has 0 unspecified atom stereocenters. The first kappa shape index (κ1) is 31.5. The second kappa shape index (κ2) is 11.7. The lowest BCUT2D eigenvalue weighted by Gasteiger charge is -2.39. The van der Waals surface area contributed by atoms with Crippen molar-refractivity contribution in [3.05, 3.63) is 34.1 Å². The molecule has 0 bridgehead atoms. The molecule has 1 aliphatic carbocycles. The Hall–Kier alpha value is -1.47. The quantitative estimate of drug-likeness (QED) is 0.201. The van der Waals surface area contributed by atoms with Crippen LogP contribution in [0.3, 0.4) is 0 Å². The summed E-state index contributed by atoms with van der Waals surface area (Å²) in [7, 11) is -1.37. The molecule has 222 valence electrons. The van der Waals surface area contributed by atoms with Gasteiger partial charge in [0.25, 0.3) is 0 Å². The minimum absolute atomic E-state index is 0.0244.